The normalized spacial score (nSPS) is 20.0. The van der Waals surface area contributed by atoms with Crippen LogP contribution in [0.2, 0.25) is 0 Å². The average molecular weight is 1160 g/mol. The monoisotopic (exact) mass is 1160 g/mol. The molecule has 494 valence electrons. The van der Waals surface area contributed by atoms with E-state index in [1.807, 2.05) is 0 Å². The third-order valence-electron chi connectivity index (χ3n) is 14.7. The van der Waals surface area contributed by atoms with Crippen LogP contribution in [0.1, 0.15) is 223 Å². The highest BCUT2D eigenvalue weighted by Crippen LogP contribution is 2.17. The third kappa shape index (κ3) is 58.3. The van der Waals surface area contributed by atoms with Crippen molar-refractivity contribution in [3.63, 3.8) is 0 Å². The number of rotatable bonds is 29. The molecule has 0 saturated carbocycles. The van der Waals surface area contributed by atoms with Crippen molar-refractivity contribution in [2.45, 2.75) is 266 Å². The average Bonchev–Trinajstić information content (AvgIpc) is 3.39. The number of piperazine rings is 2. The number of likely N-dealkylation sites (tertiary alicyclic amines) is 3. The van der Waals surface area contributed by atoms with Gasteiger partial charge in [-0.2, -0.15) is 0 Å². The van der Waals surface area contributed by atoms with Crippen LogP contribution in [-0.2, 0) is 28.4 Å². The molecule has 5 aliphatic rings. The van der Waals surface area contributed by atoms with Crippen molar-refractivity contribution in [3.05, 3.63) is 0 Å². The van der Waals surface area contributed by atoms with Crippen LogP contribution in [0.3, 0.4) is 0 Å². The largest absolute Gasteiger partial charge is 0.379 e. The zero-order chi connectivity index (χ0) is 58.4. The van der Waals surface area contributed by atoms with E-state index in [1.165, 1.54) is 201 Å². The van der Waals surface area contributed by atoms with Crippen LogP contribution in [0.15, 0.2) is 0 Å². The molecule has 5 rings (SSSR count). The Kier molecular flexibility index (Phi) is 62.8. The summed E-state index contributed by atoms with van der Waals surface area (Å²) in [7, 11) is 2.19. The molecule has 5 heterocycles. The Morgan fingerprint density at radius 1 is 0.333 bits per heavy atom. The topological polar surface area (TPSA) is 78.1 Å². The molecular formula is C68H151N7O6. The predicted octanol–water partition coefficient (Wildman–Crippen LogP) is 14.0. The molecule has 0 aromatic heterocycles. The predicted molar refractivity (Wildman–Crippen MR) is 357 cm³/mol. The van der Waals surface area contributed by atoms with Crippen molar-refractivity contribution in [2.75, 3.05) is 171 Å². The number of piperidine rings is 3. The molecule has 2 atom stereocenters. The van der Waals surface area contributed by atoms with Crippen LogP contribution >= 0.6 is 0 Å². The van der Waals surface area contributed by atoms with Crippen LogP contribution in [0.5, 0.6) is 0 Å². The van der Waals surface area contributed by atoms with Crippen molar-refractivity contribution in [2.24, 2.45) is 11.8 Å². The number of ether oxygens (including phenoxy) is 6. The maximum absolute atomic E-state index is 5.56. The van der Waals surface area contributed by atoms with Gasteiger partial charge in [0.15, 0.2) is 0 Å². The van der Waals surface area contributed by atoms with Gasteiger partial charge in [0.2, 0.25) is 0 Å². The summed E-state index contributed by atoms with van der Waals surface area (Å²) in [5, 5.41) is 0. The Bertz CT molecular complexity index is 1190. The molecule has 0 amide bonds. The van der Waals surface area contributed by atoms with E-state index in [1.54, 1.807) is 0 Å². The van der Waals surface area contributed by atoms with E-state index in [4.69, 9.17) is 28.4 Å². The molecule has 0 aliphatic carbocycles. The molecule has 0 radical (unpaired) electrons. The summed E-state index contributed by atoms with van der Waals surface area (Å²) >= 11 is 0. The lowest BCUT2D eigenvalue weighted by atomic mass is 10.0. The van der Waals surface area contributed by atoms with E-state index in [0.717, 1.165) is 57.9 Å². The van der Waals surface area contributed by atoms with Gasteiger partial charge in [-0.05, 0) is 219 Å². The highest BCUT2D eigenvalue weighted by atomic mass is 16.5. The van der Waals surface area contributed by atoms with Gasteiger partial charge < -0.3 is 57.8 Å². The molecule has 0 aromatic rings. The summed E-state index contributed by atoms with van der Waals surface area (Å²) in [4.78, 5) is 17.8. The zero-order valence-electron chi connectivity index (χ0n) is 55.6. The van der Waals surface area contributed by atoms with Crippen LogP contribution in [0.4, 0.5) is 0 Å². The second-order valence-electron chi connectivity index (χ2n) is 25.4. The van der Waals surface area contributed by atoms with E-state index < -0.39 is 0 Å². The van der Waals surface area contributed by atoms with Crippen LogP contribution in [-0.4, -0.2) is 248 Å². The summed E-state index contributed by atoms with van der Waals surface area (Å²) in [6.07, 6.45) is 19.1. The molecule has 0 N–H and O–H groups in total. The van der Waals surface area contributed by atoms with Crippen molar-refractivity contribution in [1.82, 2.24) is 34.3 Å². The van der Waals surface area contributed by atoms with Gasteiger partial charge in [0, 0.05) is 144 Å². The lowest BCUT2D eigenvalue weighted by Gasteiger charge is -2.36. The van der Waals surface area contributed by atoms with Gasteiger partial charge in [-0.3, -0.25) is 4.90 Å². The molecule has 0 aromatic carbocycles. The van der Waals surface area contributed by atoms with Gasteiger partial charge in [-0.1, -0.05) is 49.5 Å². The summed E-state index contributed by atoms with van der Waals surface area (Å²) in [5.74, 6) is 1.80. The van der Waals surface area contributed by atoms with Gasteiger partial charge in [-0.15, -0.1) is 0 Å². The molecule has 81 heavy (non-hydrogen) atoms. The minimum absolute atomic E-state index is 0. The molecule has 13 nitrogen and oxygen atoms in total. The molecule has 13 heteroatoms. The Morgan fingerprint density at radius 2 is 0.605 bits per heavy atom. The molecule has 0 bridgehead atoms. The van der Waals surface area contributed by atoms with E-state index in [2.05, 4.69) is 159 Å². The first-order valence-corrected chi connectivity index (χ1v) is 32.9. The van der Waals surface area contributed by atoms with Crippen molar-refractivity contribution in [1.29, 1.82) is 0 Å². The van der Waals surface area contributed by atoms with Gasteiger partial charge in [0.1, 0.15) is 0 Å². The van der Waals surface area contributed by atoms with E-state index in [-0.39, 0.29) is 22.3 Å². The highest BCUT2D eigenvalue weighted by Gasteiger charge is 2.19. The highest BCUT2D eigenvalue weighted by molar-refractivity contribution is 4.75. The van der Waals surface area contributed by atoms with Crippen molar-refractivity contribution >= 4 is 0 Å². The second kappa shape index (κ2) is 58.5. The van der Waals surface area contributed by atoms with Crippen molar-refractivity contribution in [3.8, 4) is 0 Å². The van der Waals surface area contributed by atoms with Crippen LogP contribution in [0.25, 0.3) is 0 Å². The van der Waals surface area contributed by atoms with Gasteiger partial charge in [0.25, 0.3) is 0 Å². The molecule has 1 unspecified atom stereocenters. The summed E-state index contributed by atoms with van der Waals surface area (Å²) in [6, 6.07) is 0.700. The lowest BCUT2D eigenvalue weighted by Crippen LogP contribution is -2.49. The fraction of sp³-hybridized carbons (Fsp3) is 1.00. The first-order valence-electron chi connectivity index (χ1n) is 32.9. The summed E-state index contributed by atoms with van der Waals surface area (Å²) in [6.45, 7) is 65.6. The fourth-order valence-corrected chi connectivity index (χ4v) is 10.1. The molecule has 5 saturated heterocycles. The summed E-state index contributed by atoms with van der Waals surface area (Å²) < 4.78 is 32.8. The second-order valence-corrected chi connectivity index (χ2v) is 25.4. The number of likely N-dealkylation sites (N-methyl/N-ethyl adjacent to an activating group) is 1. The number of hydrogen-bond acceptors (Lipinski definition) is 13. The lowest BCUT2D eigenvalue weighted by molar-refractivity contribution is 0.0604. The maximum Gasteiger partial charge on any atom is 0.0518 e. The third-order valence-corrected chi connectivity index (χ3v) is 14.7. The Labute approximate surface area is 509 Å². The first kappa shape index (κ1) is 86.9. The maximum atomic E-state index is 5.56. The molecule has 0 spiro atoms. The SMILES string of the molecule is C.C.C.CC(C)OCCCN1CCCCC1.CC(C)OCCCN1CCC[C@H](C)C1.CC(C)OCCCN1CCN(C(C)C)CC1.CC(C)OCCCN1CCN(C)CC1.CC1CCCN(CCCOC(C)C)C1.CCCOC(C)C. The van der Waals surface area contributed by atoms with Crippen LogP contribution in [0, 0.1) is 11.8 Å². The van der Waals surface area contributed by atoms with E-state index in [0.29, 0.717) is 42.7 Å². The number of nitrogens with zero attached hydrogens (tertiary/aromatic N) is 7. The van der Waals surface area contributed by atoms with E-state index in [9.17, 15) is 0 Å². The minimum atomic E-state index is 0. The Hall–Kier alpha value is -0.520. The standard InChI is InChI=1S/C13H28N2O.2C12H25NO.C11H24N2O.C11H23NO.C6H14O.3CH4/c1-12(2)15-9-7-14(8-10-15)6-5-11-16-13(3)4;2*1-11(2)14-9-5-8-13-7-4-6-12(3)10-13;1-11(2)14-10-4-5-13-8-6-12(3)7-9-13;1-11(2)13-10-6-9-12-7-4-3-5-8-12;1-4-5-7-6(2)3;;;/h12-13H,5-11H2,1-4H3;2*11-12H,4-10H2,1-3H3;11H,4-10H2,1-3H3;11H,3-10H2,1-2H3;6H,4-5H2,1-3H3;3*1H4/t;12-;;;;;;;/m.0......./s1. The van der Waals surface area contributed by atoms with Gasteiger partial charge in [0.05, 0.1) is 36.6 Å². The van der Waals surface area contributed by atoms with Gasteiger partial charge >= 0.3 is 0 Å². The van der Waals surface area contributed by atoms with Gasteiger partial charge in [-0.25, -0.2) is 0 Å². The van der Waals surface area contributed by atoms with Crippen molar-refractivity contribution < 1.29 is 28.4 Å². The zero-order valence-corrected chi connectivity index (χ0v) is 55.6. The summed E-state index contributed by atoms with van der Waals surface area (Å²) in [5.41, 5.74) is 0. The Morgan fingerprint density at radius 3 is 0.877 bits per heavy atom. The first-order chi connectivity index (χ1) is 37.2. The minimum Gasteiger partial charge on any atom is -0.379 e. The number of hydrogen-bond donors (Lipinski definition) is 0. The smallest absolute Gasteiger partial charge is 0.0518 e. The van der Waals surface area contributed by atoms with Crippen LogP contribution < -0.4 is 0 Å². The van der Waals surface area contributed by atoms with E-state index >= 15 is 0 Å². The molecule has 5 aliphatic heterocycles. The fourth-order valence-electron chi connectivity index (χ4n) is 10.1. The quantitative estimate of drug-likeness (QED) is 0.0668. The molecule has 5 fully saturated rings. The Balaban J connectivity index is -0.000000441. The molecular weight excluding hydrogens is 1010 g/mol.